The van der Waals surface area contributed by atoms with E-state index < -0.39 is 30.3 Å². The summed E-state index contributed by atoms with van der Waals surface area (Å²) in [4.78, 5) is 15.0. The van der Waals surface area contributed by atoms with E-state index in [-0.39, 0.29) is 12.2 Å². The van der Waals surface area contributed by atoms with Crippen molar-refractivity contribution in [3.8, 4) is 12.3 Å². The van der Waals surface area contributed by atoms with Crippen LogP contribution in [-0.2, 0) is 4.74 Å². The predicted octanol–water partition coefficient (Wildman–Crippen LogP) is -0.553. The average Bonchev–Trinajstić information content (AvgIpc) is 2.67. The molecule has 2 rings (SSSR count). The number of aliphatic hydroxyl groups is 1. The second kappa shape index (κ2) is 4.40. The first kappa shape index (κ1) is 12.5. The lowest BCUT2D eigenvalue weighted by atomic mass is 10.0. The van der Waals surface area contributed by atoms with Gasteiger partial charge >= 0.3 is 5.69 Å². The first-order chi connectivity index (χ1) is 8.51. The third-order valence-electron chi connectivity index (χ3n) is 2.82. The van der Waals surface area contributed by atoms with Gasteiger partial charge in [-0.15, -0.1) is 6.42 Å². The molecule has 0 aromatic carbocycles. The Hall–Kier alpha value is -1.91. The third-order valence-corrected chi connectivity index (χ3v) is 2.82. The van der Waals surface area contributed by atoms with Gasteiger partial charge in [-0.05, 0) is 6.07 Å². The molecule has 1 aliphatic rings. The number of aromatic nitrogens is 2. The van der Waals surface area contributed by atoms with Crippen LogP contribution in [0.3, 0.4) is 0 Å². The van der Waals surface area contributed by atoms with Crippen molar-refractivity contribution in [3.63, 3.8) is 0 Å². The quantitative estimate of drug-likeness (QED) is 0.690. The summed E-state index contributed by atoms with van der Waals surface area (Å²) in [6, 6.07) is 1.35. The Labute approximate surface area is 102 Å². The summed E-state index contributed by atoms with van der Waals surface area (Å²) in [6.45, 7) is -0.516. The number of rotatable bonds is 2. The van der Waals surface area contributed by atoms with Gasteiger partial charge < -0.3 is 15.6 Å². The van der Waals surface area contributed by atoms with Gasteiger partial charge in [0.1, 0.15) is 12.0 Å². The van der Waals surface area contributed by atoms with E-state index in [4.69, 9.17) is 22.0 Å². The number of aliphatic hydroxyl groups excluding tert-OH is 1. The van der Waals surface area contributed by atoms with Crippen LogP contribution < -0.4 is 11.4 Å². The maximum absolute atomic E-state index is 13.9. The molecule has 0 bridgehead atoms. The SMILES string of the molecule is C#CC1(CO)CC(F)C(n2ccc(N)nc2=O)O1. The van der Waals surface area contributed by atoms with Crippen LogP contribution in [0.4, 0.5) is 10.2 Å². The Morgan fingerprint density at radius 3 is 3.06 bits per heavy atom. The Morgan fingerprint density at radius 2 is 2.56 bits per heavy atom. The van der Waals surface area contributed by atoms with E-state index in [1.165, 1.54) is 12.3 Å². The van der Waals surface area contributed by atoms with Gasteiger partial charge in [0.25, 0.3) is 0 Å². The van der Waals surface area contributed by atoms with Crippen molar-refractivity contribution in [1.82, 2.24) is 9.55 Å². The van der Waals surface area contributed by atoms with Crippen LogP contribution in [0.1, 0.15) is 12.6 Å². The fraction of sp³-hybridized carbons (Fsp3) is 0.455. The van der Waals surface area contributed by atoms with Crippen molar-refractivity contribution >= 4 is 5.82 Å². The van der Waals surface area contributed by atoms with Crippen LogP contribution >= 0.6 is 0 Å². The summed E-state index contributed by atoms with van der Waals surface area (Å²) in [7, 11) is 0. The van der Waals surface area contributed by atoms with Crippen molar-refractivity contribution in [2.24, 2.45) is 0 Å². The van der Waals surface area contributed by atoms with Gasteiger partial charge in [0.05, 0.1) is 6.61 Å². The number of alkyl halides is 1. The molecule has 1 aromatic heterocycles. The molecule has 1 fully saturated rings. The largest absolute Gasteiger partial charge is 0.392 e. The lowest BCUT2D eigenvalue weighted by molar-refractivity contribution is -0.0742. The molecule has 1 aromatic rings. The first-order valence-electron chi connectivity index (χ1n) is 5.26. The summed E-state index contributed by atoms with van der Waals surface area (Å²) < 4.78 is 20.1. The molecular weight excluding hydrogens is 241 g/mol. The van der Waals surface area contributed by atoms with Crippen molar-refractivity contribution < 1.29 is 14.2 Å². The van der Waals surface area contributed by atoms with E-state index in [2.05, 4.69) is 10.9 Å². The van der Waals surface area contributed by atoms with Gasteiger partial charge in [-0.1, -0.05) is 5.92 Å². The van der Waals surface area contributed by atoms with Gasteiger partial charge in [-0.2, -0.15) is 4.98 Å². The summed E-state index contributed by atoms with van der Waals surface area (Å²) in [5, 5.41) is 9.16. The topological polar surface area (TPSA) is 90.4 Å². The highest BCUT2D eigenvalue weighted by Gasteiger charge is 2.47. The molecule has 0 spiro atoms. The molecule has 0 amide bonds. The molecule has 2 heterocycles. The molecule has 0 aliphatic carbocycles. The van der Waals surface area contributed by atoms with E-state index >= 15 is 0 Å². The number of anilines is 1. The van der Waals surface area contributed by atoms with Crippen LogP contribution in [0.5, 0.6) is 0 Å². The summed E-state index contributed by atoms with van der Waals surface area (Å²) in [5.41, 5.74) is 3.21. The fourth-order valence-corrected chi connectivity index (χ4v) is 1.86. The Kier molecular flexibility index (Phi) is 3.07. The zero-order chi connectivity index (χ0) is 13.3. The number of hydrogen-bond donors (Lipinski definition) is 2. The molecule has 1 aliphatic heterocycles. The highest BCUT2D eigenvalue weighted by Crippen LogP contribution is 2.37. The summed E-state index contributed by atoms with van der Waals surface area (Å²) >= 11 is 0. The molecule has 0 radical (unpaired) electrons. The fourth-order valence-electron chi connectivity index (χ4n) is 1.86. The Morgan fingerprint density at radius 1 is 1.83 bits per heavy atom. The molecule has 1 saturated heterocycles. The molecule has 0 saturated carbocycles. The zero-order valence-electron chi connectivity index (χ0n) is 9.41. The van der Waals surface area contributed by atoms with E-state index in [0.29, 0.717) is 0 Å². The van der Waals surface area contributed by atoms with Gasteiger partial charge in [0, 0.05) is 12.6 Å². The summed E-state index contributed by atoms with van der Waals surface area (Å²) in [5.74, 6) is 2.25. The maximum Gasteiger partial charge on any atom is 0.351 e. The minimum atomic E-state index is -1.50. The number of terminal acetylenes is 1. The number of hydrogen-bond acceptors (Lipinski definition) is 5. The minimum absolute atomic E-state index is 0.0371. The minimum Gasteiger partial charge on any atom is -0.392 e. The number of ether oxygens (including phenoxy) is 1. The van der Waals surface area contributed by atoms with Crippen LogP contribution in [0, 0.1) is 12.3 Å². The molecule has 7 heteroatoms. The molecule has 18 heavy (non-hydrogen) atoms. The standard InChI is InChI=1S/C11H12FN3O3/c1-2-11(6-16)5-7(12)9(18-11)15-4-3-8(13)14-10(15)17/h1,3-4,7,9,16H,5-6H2,(H2,13,14,17). The lowest BCUT2D eigenvalue weighted by Gasteiger charge is -2.21. The van der Waals surface area contributed by atoms with Crippen molar-refractivity contribution in [3.05, 3.63) is 22.7 Å². The van der Waals surface area contributed by atoms with Crippen LogP contribution in [0.2, 0.25) is 0 Å². The van der Waals surface area contributed by atoms with Gasteiger partial charge in [0.15, 0.2) is 11.8 Å². The molecule has 6 nitrogen and oxygen atoms in total. The van der Waals surface area contributed by atoms with E-state index in [0.717, 1.165) is 4.57 Å². The maximum atomic E-state index is 13.9. The number of nitrogen functional groups attached to an aromatic ring is 1. The second-order valence-electron chi connectivity index (χ2n) is 4.07. The molecule has 3 N–H and O–H groups in total. The number of halogens is 1. The van der Waals surface area contributed by atoms with Crippen LogP contribution in [0.25, 0.3) is 0 Å². The Bertz CT molecular complexity index is 553. The molecule has 3 atom stereocenters. The average molecular weight is 253 g/mol. The predicted molar refractivity (Wildman–Crippen MR) is 61.2 cm³/mol. The van der Waals surface area contributed by atoms with Gasteiger partial charge in [-0.25, -0.2) is 9.18 Å². The van der Waals surface area contributed by atoms with E-state index in [1.54, 1.807) is 0 Å². The summed E-state index contributed by atoms with van der Waals surface area (Å²) in [6.07, 6.45) is 3.62. The number of nitrogens with two attached hydrogens (primary N) is 1. The molecular formula is C11H12FN3O3. The number of nitrogens with zero attached hydrogens (tertiary/aromatic N) is 2. The van der Waals surface area contributed by atoms with Gasteiger partial charge in [-0.3, -0.25) is 4.57 Å². The normalized spacial score (nSPS) is 31.2. The van der Waals surface area contributed by atoms with Crippen molar-refractivity contribution in [2.75, 3.05) is 12.3 Å². The monoisotopic (exact) mass is 253 g/mol. The first-order valence-corrected chi connectivity index (χ1v) is 5.26. The third kappa shape index (κ3) is 1.96. The van der Waals surface area contributed by atoms with E-state index in [9.17, 15) is 9.18 Å². The van der Waals surface area contributed by atoms with Gasteiger partial charge in [0.2, 0.25) is 0 Å². The highest BCUT2D eigenvalue weighted by atomic mass is 19.1. The second-order valence-corrected chi connectivity index (χ2v) is 4.07. The zero-order valence-corrected chi connectivity index (χ0v) is 9.41. The molecule has 96 valence electrons. The van der Waals surface area contributed by atoms with Crippen LogP contribution in [0.15, 0.2) is 17.1 Å². The lowest BCUT2D eigenvalue weighted by Crippen LogP contribution is -2.33. The highest BCUT2D eigenvalue weighted by molar-refractivity contribution is 5.24. The van der Waals surface area contributed by atoms with E-state index in [1.807, 2.05) is 0 Å². The van der Waals surface area contributed by atoms with Crippen LogP contribution in [-0.4, -0.2) is 33.0 Å². The van der Waals surface area contributed by atoms with Crippen molar-refractivity contribution in [2.45, 2.75) is 24.4 Å². The Balaban J connectivity index is 2.36. The smallest absolute Gasteiger partial charge is 0.351 e. The molecule has 3 unspecified atom stereocenters. The van der Waals surface area contributed by atoms with Crippen molar-refractivity contribution in [1.29, 1.82) is 0 Å².